The van der Waals surface area contributed by atoms with Crippen LogP contribution < -0.4 is 14.4 Å². The molecule has 0 fully saturated rings. The summed E-state index contributed by atoms with van der Waals surface area (Å²) in [6.45, 7) is 6.80. The number of sulfonamides is 1. The number of benzene rings is 3. The zero-order chi connectivity index (χ0) is 24.0. The van der Waals surface area contributed by atoms with Crippen LogP contribution in [0.3, 0.4) is 0 Å². The maximum atomic E-state index is 12.5. The van der Waals surface area contributed by atoms with Crippen LogP contribution in [-0.2, 0) is 16.6 Å². The van der Waals surface area contributed by atoms with E-state index in [1.54, 1.807) is 24.3 Å². The number of carbonyl (C=O) groups is 1. The summed E-state index contributed by atoms with van der Waals surface area (Å²) in [5, 5.41) is 2.84. The van der Waals surface area contributed by atoms with Crippen LogP contribution >= 0.6 is 0 Å². The van der Waals surface area contributed by atoms with Gasteiger partial charge in [-0.1, -0.05) is 36.4 Å². The Labute approximate surface area is 196 Å². The van der Waals surface area contributed by atoms with E-state index in [1.807, 2.05) is 63.2 Å². The highest BCUT2D eigenvalue weighted by atomic mass is 32.2. The summed E-state index contributed by atoms with van der Waals surface area (Å²) in [5.74, 6) is 0.566. The molecule has 0 radical (unpaired) electrons. The summed E-state index contributed by atoms with van der Waals surface area (Å²) in [6, 6.07) is 20.3. The molecule has 3 rings (SSSR count). The first-order chi connectivity index (χ1) is 15.6. The summed E-state index contributed by atoms with van der Waals surface area (Å²) in [5.41, 5.74) is 5.02. The molecule has 0 saturated carbocycles. The molecule has 0 atom stereocenters. The van der Waals surface area contributed by atoms with Crippen LogP contribution in [-0.4, -0.2) is 33.7 Å². The van der Waals surface area contributed by atoms with Crippen LogP contribution in [0.5, 0.6) is 5.75 Å². The van der Waals surface area contributed by atoms with Gasteiger partial charge in [0.2, 0.25) is 10.0 Å². The fraction of sp³-hybridized carbons (Fsp3) is 0.269. The molecule has 174 valence electrons. The summed E-state index contributed by atoms with van der Waals surface area (Å²) in [7, 11) is -3.48. The lowest BCUT2D eigenvalue weighted by atomic mass is 10.1. The van der Waals surface area contributed by atoms with Crippen LogP contribution in [0.1, 0.15) is 32.6 Å². The van der Waals surface area contributed by atoms with Crippen molar-refractivity contribution in [2.24, 2.45) is 0 Å². The lowest BCUT2D eigenvalue weighted by Crippen LogP contribution is -2.30. The highest BCUT2D eigenvalue weighted by molar-refractivity contribution is 7.92. The molecule has 0 unspecified atom stereocenters. The summed E-state index contributed by atoms with van der Waals surface area (Å²) in [4.78, 5) is 12.4. The molecule has 7 heteroatoms. The molecule has 33 heavy (non-hydrogen) atoms. The van der Waals surface area contributed by atoms with Crippen molar-refractivity contribution in [1.82, 2.24) is 5.32 Å². The monoisotopic (exact) mass is 466 g/mol. The van der Waals surface area contributed by atoms with Crippen molar-refractivity contribution in [3.05, 3.63) is 94.5 Å². The zero-order valence-corrected chi connectivity index (χ0v) is 20.3. The van der Waals surface area contributed by atoms with Gasteiger partial charge in [0.1, 0.15) is 12.4 Å². The molecule has 1 N–H and O–H groups in total. The molecule has 3 aromatic rings. The number of anilines is 1. The van der Waals surface area contributed by atoms with E-state index in [-0.39, 0.29) is 12.5 Å². The first-order valence-corrected chi connectivity index (χ1v) is 12.6. The molecule has 6 nitrogen and oxygen atoms in total. The lowest BCUT2D eigenvalue weighted by Gasteiger charge is -2.25. The molecule has 0 aliphatic heterocycles. The van der Waals surface area contributed by atoms with Gasteiger partial charge in [0.05, 0.1) is 25.0 Å². The van der Waals surface area contributed by atoms with E-state index in [0.717, 1.165) is 28.0 Å². The second-order valence-electron chi connectivity index (χ2n) is 8.11. The second-order valence-corrected chi connectivity index (χ2v) is 10.0. The van der Waals surface area contributed by atoms with Crippen LogP contribution in [0.15, 0.2) is 66.7 Å². The molecular weight excluding hydrogens is 436 g/mol. The highest BCUT2D eigenvalue weighted by Gasteiger charge is 2.20. The molecule has 3 aromatic carbocycles. The number of rotatable bonds is 9. The van der Waals surface area contributed by atoms with Crippen molar-refractivity contribution >= 4 is 21.6 Å². The average molecular weight is 467 g/mol. The minimum absolute atomic E-state index is 0.190. The predicted molar refractivity (Wildman–Crippen MR) is 132 cm³/mol. The molecule has 0 bridgehead atoms. The van der Waals surface area contributed by atoms with Crippen molar-refractivity contribution in [3.8, 4) is 5.75 Å². The number of nitrogens with one attached hydrogen (secondary N) is 1. The van der Waals surface area contributed by atoms with Crippen LogP contribution in [0, 0.1) is 20.8 Å². The Balaban J connectivity index is 1.61. The number of hydrogen-bond acceptors (Lipinski definition) is 4. The molecule has 0 saturated heterocycles. The smallest absolute Gasteiger partial charge is 0.251 e. The van der Waals surface area contributed by atoms with E-state index in [4.69, 9.17) is 4.74 Å². The van der Waals surface area contributed by atoms with Crippen molar-refractivity contribution in [2.45, 2.75) is 27.3 Å². The predicted octanol–water partition coefficient (Wildman–Crippen LogP) is 4.39. The Morgan fingerprint density at radius 2 is 1.67 bits per heavy atom. The van der Waals surface area contributed by atoms with E-state index >= 15 is 0 Å². The van der Waals surface area contributed by atoms with Gasteiger partial charge < -0.3 is 10.1 Å². The minimum atomic E-state index is -3.48. The standard InChI is InChI=1S/C26H30N2O4S/c1-19-7-5-9-24(17-19)32-16-15-27-26(29)23-13-11-22(12-14-23)18-28(33(4,30)31)25-10-6-8-20(2)21(25)3/h5-14,17H,15-16,18H2,1-4H3,(H,27,29). The maximum absolute atomic E-state index is 12.5. The Bertz CT molecular complexity index is 1220. The number of carbonyl (C=O) groups excluding carboxylic acids is 1. The summed E-state index contributed by atoms with van der Waals surface area (Å²) >= 11 is 0. The fourth-order valence-corrected chi connectivity index (χ4v) is 4.39. The average Bonchev–Trinajstić information content (AvgIpc) is 2.77. The highest BCUT2D eigenvalue weighted by Crippen LogP contribution is 2.26. The van der Waals surface area contributed by atoms with Crippen LogP contribution in [0.25, 0.3) is 0 Å². The minimum Gasteiger partial charge on any atom is -0.492 e. The molecule has 0 heterocycles. The quantitative estimate of drug-likeness (QED) is 0.475. The normalized spacial score (nSPS) is 11.2. The molecule has 0 spiro atoms. The second kappa shape index (κ2) is 10.5. The molecular formula is C26H30N2O4S. The Kier molecular flexibility index (Phi) is 7.76. The summed E-state index contributed by atoms with van der Waals surface area (Å²) < 4.78 is 32.0. The maximum Gasteiger partial charge on any atom is 0.251 e. The first kappa shape index (κ1) is 24.3. The number of ether oxygens (including phenoxy) is 1. The van der Waals surface area contributed by atoms with Gasteiger partial charge in [0.25, 0.3) is 5.91 Å². The Morgan fingerprint density at radius 1 is 0.970 bits per heavy atom. The Morgan fingerprint density at radius 3 is 2.33 bits per heavy atom. The Hall–Kier alpha value is -3.32. The fourth-order valence-electron chi connectivity index (χ4n) is 3.45. The first-order valence-electron chi connectivity index (χ1n) is 10.8. The lowest BCUT2D eigenvalue weighted by molar-refractivity contribution is 0.0947. The van der Waals surface area contributed by atoms with Gasteiger partial charge in [-0.25, -0.2) is 8.42 Å². The zero-order valence-electron chi connectivity index (χ0n) is 19.5. The molecule has 1 amide bonds. The molecule has 0 aliphatic carbocycles. The number of aryl methyl sites for hydroxylation is 2. The largest absolute Gasteiger partial charge is 0.492 e. The van der Waals surface area contributed by atoms with Crippen LogP contribution in [0.2, 0.25) is 0 Å². The van der Waals surface area contributed by atoms with Gasteiger partial charge in [-0.2, -0.15) is 0 Å². The van der Waals surface area contributed by atoms with Gasteiger partial charge in [-0.3, -0.25) is 9.10 Å². The number of amides is 1. The van der Waals surface area contributed by atoms with Crippen molar-refractivity contribution < 1.29 is 17.9 Å². The van der Waals surface area contributed by atoms with Crippen LogP contribution in [0.4, 0.5) is 5.69 Å². The van der Waals surface area contributed by atoms with Crippen molar-refractivity contribution in [2.75, 3.05) is 23.7 Å². The van der Waals surface area contributed by atoms with Gasteiger partial charge in [-0.15, -0.1) is 0 Å². The molecule has 0 aliphatic rings. The van der Waals surface area contributed by atoms with E-state index < -0.39 is 10.0 Å². The topological polar surface area (TPSA) is 75.7 Å². The third kappa shape index (κ3) is 6.58. The molecule has 0 aromatic heterocycles. The van der Waals surface area contributed by atoms with E-state index in [1.165, 1.54) is 10.6 Å². The van der Waals surface area contributed by atoms with Gasteiger partial charge in [0.15, 0.2) is 0 Å². The van der Waals surface area contributed by atoms with E-state index in [9.17, 15) is 13.2 Å². The van der Waals surface area contributed by atoms with Gasteiger partial charge in [0, 0.05) is 5.56 Å². The van der Waals surface area contributed by atoms with E-state index in [2.05, 4.69) is 5.32 Å². The van der Waals surface area contributed by atoms with Crippen molar-refractivity contribution in [3.63, 3.8) is 0 Å². The van der Waals surface area contributed by atoms with Gasteiger partial charge in [-0.05, 0) is 73.4 Å². The van der Waals surface area contributed by atoms with Gasteiger partial charge >= 0.3 is 0 Å². The summed E-state index contributed by atoms with van der Waals surface area (Å²) in [6.07, 6.45) is 1.20. The van der Waals surface area contributed by atoms with E-state index in [0.29, 0.717) is 24.4 Å². The number of hydrogen-bond donors (Lipinski definition) is 1. The number of nitrogens with zero attached hydrogens (tertiary/aromatic N) is 1. The SMILES string of the molecule is Cc1cccc(OCCNC(=O)c2ccc(CN(c3cccc(C)c3C)S(C)(=O)=O)cc2)c1. The third-order valence-electron chi connectivity index (χ3n) is 5.43. The third-order valence-corrected chi connectivity index (χ3v) is 6.56. The van der Waals surface area contributed by atoms with Crippen molar-refractivity contribution in [1.29, 1.82) is 0 Å².